The maximum atomic E-state index is 13.1. The minimum Gasteiger partial charge on any atom is -0.469 e. The summed E-state index contributed by atoms with van der Waals surface area (Å²) in [5.74, 6) is 1.60. The summed E-state index contributed by atoms with van der Waals surface area (Å²) in [6.45, 7) is 1.81. The van der Waals surface area contributed by atoms with Gasteiger partial charge in [-0.3, -0.25) is 4.79 Å². The zero-order chi connectivity index (χ0) is 22.1. The smallest absolute Gasteiger partial charge is 0.277 e. The normalized spacial score (nSPS) is 15.9. The molecule has 1 aliphatic heterocycles. The van der Waals surface area contributed by atoms with Crippen molar-refractivity contribution in [2.45, 2.75) is 24.6 Å². The predicted molar refractivity (Wildman–Crippen MR) is 118 cm³/mol. The summed E-state index contributed by atoms with van der Waals surface area (Å²) in [5, 5.41) is 15.1. The number of aromatic nitrogens is 2. The number of furan rings is 2. The van der Waals surface area contributed by atoms with Crippen molar-refractivity contribution in [1.82, 2.24) is 15.2 Å². The molecular formula is C22H17ClN4O4S. The summed E-state index contributed by atoms with van der Waals surface area (Å²) in [6, 6.07) is 12.5. The SMILES string of the molecule is Cc1occc1-c1nnc(SCC(=O)N2N=C(c3ccc(Cl)cc3)C[C@H]2c2ccco2)o1. The van der Waals surface area contributed by atoms with Gasteiger partial charge in [-0.15, -0.1) is 10.2 Å². The van der Waals surface area contributed by atoms with Crippen molar-refractivity contribution in [1.29, 1.82) is 0 Å². The van der Waals surface area contributed by atoms with E-state index in [1.165, 1.54) is 5.01 Å². The maximum absolute atomic E-state index is 13.1. The van der Waals surface area contributed by atoms with E-state index in [4.69, 9.17) is 24.9 Å². The molecule has 1 aliphatic rings. The first-order valence-corrected chi connectivity index (χ1v) is 11.1. The molecule has 1 atom stereocenters. The third-order valence-corrected chi connectivity index (χ3v) is 6.08. The summed E-state index contributed by atoms with van der Waals surface area (Å²) in [6.07, 6.45) is 3.69. The minimum atomic E-state index is -0.324. The van der Waals surface area contributed by atoms with Gasteiger partial charge in [-0.05, 0) is 42.8 Å². The van der Waals surface area contributed by atoms with E-state index in [2.05, 4.69) is 15.3 Å². The second-order valence-corrected chi connectivity index (χ2v) is 8.44. The van der Waals surface area contributed by atoms with Crippen LogP contribution in [-0.4, -0.2) is 32.6 Å². The van der Waals surface area contributed by atoms with E-state index in [0.29, 0.717) is 34.1 Å². The number of benzene rings is 1. The van der Waals surface area contributed by atoms with Crippen LogP contribution in [0.3, 0.4) is 0 Å². The van der Waals surface area contributed by atoms with Gasteiger partial charge in [0.1, 0.15) is 17.6 Å². The summed E-state index contributed by atoms with van der Waals surface area (Å²) in [5.41, 5.74) is 2.42. The van der Waals surface area contributed by atoms with Gasteiger partial charge >= 0.3 is 0 Å². The lowest BCUT2D eigenvalue weighted by atomic mass is 10.0. The molecule has 8 nitrogen and oxygen atoms in total. The maximum Gasteiger partial charge on any atom is 0.277 e. The molecular weight excluding hydrogens is 452 g/mol. The fourth-order valence-electron chi connectivity index (χ4n) is 3.43. The average molecular weight is 469 g/mol. The molecule has 32 heavy (non-hydrogen) atoms. The van der Waals surface area contributed by atoms with Crippen LogP contribution in [0.15, 0.2) is 78.6 Å². The van der Waals surface area contributed by atoms with Gasteiger partial charge in [-0.25, -0.2) is 5.01 Å². The number of amides is 1. The Kier molecular flexibility index (Phi) is 5.59. The molecule has 162 valence electrons. The topological polar surface area (TPSA) is 97.9 Å². The Morgan fingerprint density at radius 2 is 2.00 bits per heavy atom. The third kappa shape index (κ3) is 4.09. The Balaban J connectivity index is 1.33. The molecule has 10 heteroatoms. The first-order valence-electron chi connectivity index (χ1n) is 9.78. The molecule has 3 aromatic heterocycles. The highest BCUT2D eigenvalue weighted by atomic mass is 35.5. The molecule has 0 unspecified atom stereocenters. The number of hydrogen-bond donors (Lipinski definition) is 0. The third-order valence-electron chi connectivity index (χ3n) is 5.03. The molecule has 0 aliphatic carbocycles. The monoisotopic (exact) mass is 468 g/mol. The summed E-state index contributed by atoms with van der Waals surface area (Å²) < 4.78 is 16.5. The molecule has 5 rings (SSSR count). The van der Waals surface area contributed by atoms with Crippen LogP contribution in [0, 0.1) is 6.92 Å². The van der Waals surface area contributed by atoms with Crippen molar-refractivity contribution in [2.24, 2.45) is 5.10 Å². The van der Waals surface area contributed by atoms with E-state index in [-0.39, 0.29) is 17.7 Å². The Hall–Kier alpha value is -3.30. The quantitative estimate of drug-likeness (QED) is 0.351. The van der Waals surface area contributed by atoms with Gasteiger partial charge in [-0.1, -0.05) is 35.5 Å². The number of halogens is 1. The van der Waals surface area contributed by atoms with Crippen LogP contribution in [0.4, 0.5) is 0 Å². The molecule has 0 bridgehead atoms. The number of aryl methyl sites for hydroxylation is 1. The van der Waals surface area contributed by atoms with E-state index in [1.807, 2.05) is 25.1 Å². The van der Waals surface area contributed by atoms with Crippen LogP contribution in [0.25, 0.3) is 11.5 Å². The van der Waals surface area contributed by atoms with Gasteiger partial charge in [0, 0.05) is 11.4 Å². The fraction of sp³-hybridized carbons (Fsp3) is 0.182. The van der Waals surface area contributed by atoms with Crippen molar-refractivity contribution in [3.63, 3.8) is 0 Å². The molecule has 0 saturated heterocycles. The van der Waals surface area contributed by atoms with E-state index in [1.54, 1.807) is 36.8 Å². The Labute approximate surface area is 192 Å². The predicted octanol–water partition coefficient (Wildman–Crippen LogP) is 5.35. The Morgan fingerprint density at radius 1 is 1.16 bits per heavy atom. The number of hydrazone groups is 1. The molecule has 0 fully saturated rings. The van der Waals surface area contributed by atoms with Gasteiger partial charge in [0.05, 0.1) is 29.6 Å². The van der Waals surface area contributed by atoms with Crippen LogP contribution in [0.5, 0.6) is 0 Å². The molecule has 0 saturated carbocycles. The fourth-order valence-corrected chi connectivity index (χ4v) is 4.17. The standard InChI is InChI=1S/C22H17ClN4O4S/c1-13-16(8-10-29-13)21-24-25-22(31-21)32-12-20(28)27-18(19-3-2-9-30-19)11-17(26-27)14-4-6-15(23)7-5-14/h2-10,18H,11-12H2,1H3/t18-/m0/s1. The van der Waals surface area contributed by atoms with Crippen LogP contribution in [0.2, 0.25) is 5.02 Å². The van der Waals surface area contributed by atoms with Crippen LogP contribution < -0.4 is 0 Å². The highest BCUT2D eigenvalue weighted by Crippen LogP contribution is 2.34. The first kappa shape index (κ1) is 20.6. The summed E-state index contributed by atoms with van der Waals surface area (Å²) in [7, 11) is 0. The second-order valence-electron chi connectivity index (χ2n) is 7.08. The number of hydrogen-bond acceptors (Lipinski definition) is 8. The van der Waals surface area contributed by atoms with Crippen LogP contribution >= 0.6 is 23.4 Å². The average Bonchev–Trinajstić information content (AvgIpc) is 3.59. The minimum absolute atomic E-state index is 0.0839. The number of rotatable bonds is 6. The highest BCUT2D eigenvalue weighted by Gasteiger charge is 2.35. The van der Waals surface area contributed by atoms with Gasteiger partial charge in [0.15, 0.2) is 0 Å². The van der Waals surface area contributed by atoms with Gasteiger partial charge in [0.25, 0.3) is 17.0 Å². The molecule has 1 amide bonds. The zero-order valence-corrected chi connectivity index (χ0v) is 18.5. The highest BCUT2D eigenvalue weighted by molar-refractivity contribution is 7.99. The zero-order valence-electron chi connectivity index (χ0n) is 16.9. The Morgan fingerprint density at radius 3 is 2.72 bits per heavy atom. The van der Waals surface area contributed by atoms with Gasteiger partial charge in [-0.2, -0.15) is 5.10 Å². The lowest BCUT2D eigenvalue weighted by molar-refractivity contribution is -0.130. The van der Waals surface area contributed by atoms with Crippen molar-refractivity contribution >= 4 is 35.0 Å². The molecule has 4 heterocycles. The van der Waals surface area contributed by atoms with Crippen LogP contribution in [-0.2, 0) is 4.79 Å². The lowest BCUT2D eigenvalue weighted by Gasteiger charge is -2.19. The number of thioether (sulfide) groups is 1. The lowest BCUT2D eigenvalue weighted by Crippen LogP contribution is -2.28. The van der Waals surface area contributed by atoms with Crippen molar-refractivity contribution in [3.05, 3.63) is 77.1 Å². The van der Waals surface area contributed by atoms with E-state index < -0.39 is 0 Å². The van der Waals surface area contributed by atoms with Crippen molar-refractivity contribution < 1.29 is 18.0 Å². The van der Waals surface area contributed by atoms with E-state index in [9.17, 15) is 4.79 Å². The van der Waals surface area contributed by atoms with Crippen LogP contribution in [0.1, 0.15) is 29.5 Å². The summed E-state index contributed by atoms with van der Waals surface area (Å²) >= 11 is 7.16. The molecule has 0 radical (unpaired) electrons. The molecule has 1 aromatic carbocycles. The van der Waals surface area contributed by atoms with Gasteiger partial charge in [0.2, 0.25) is 0 Å². The summed E-state index contributed by atoms with van der Waals surface area (Å²) in [4.78, 5) is 13.1. The van der Waals surface area contributed by atoms with E-state index in [0.717, 1.165) is 28.6 Å². The molecule has 0 spiro atoms. The number of carbonyl (C=O) groups excluding carboxylic acids is 1. The number of nitrogens with zero attached hydrogens (tertiary/aromatic N) is 4. The molecule has 4 aromatic rings. The Bertz CT molecular complexity index is 1260. The number of carbonyl (C=O) groups is 1. The second kappa shape index (κ2) is 8.68. The van der Waals surface area contributed by atoms with E-state index >= 15 is 0 Å². The van der Waals surface area contributed by atoms with Crippen molar-refractivity contribution in [2.75, 3.05) is 5.75 Å². The van der Waals surface area contributed by atoms with Gasteiger partial charge < -0.3 is 13.3 Å². The van der Waals surface area contributed by atoms with Crippen molar-refractivity contribution in [3.8, 4) is 11.5 Å². The largest absolute Gasteiger partial charge is 0.469 e. The molecule has 0 N–H and O–H groups in total. The first-order chi connectivity index (χ1) is 15.6.